The fourth-order valence-corrected chi connectivity index (χ4v) is 3.50. The molecule has 2 aromatic carbocycles. The molecule has 1 N–H and O–H groups in total. The maximum Gasteiger partial charge on any atom is 0.264 e. The Bertz CT molecular complexity index is 804. The van der Waals surface area contributed by atoms with Crippen molar-refractivity contribution in [2.45, 2.75) is 0 Å². The van der Waals surface area contributed by atoms with Gasteiger partial charge in [0.05, 0.1) is 14.7 Å². The van der Waals surface area contributed by atoms with E-state index in [1.54, 1.807) is 18.2 Å². The minimum atomic E-state index is -0.263. The molecule has 0 unspecified atom stereocenters. The van der Waals surface area contributed by atoms with Crippen LogP contribution >= 0.6 is 38.9 Å². The largest absolute Gasteiger partial charge is 0.483 e. The zero-order valence-electron chi connectivity index (χ0n) is 11.2. The Hall–Kier alpha value is -1.63. The molecule has 112 valence electrons. The van der Waals surface area contributed by atoms with Gasteiger partial charge in [0.2, 0.25) is 0 Å². The molecular weight excluding hydrogens is 388 g/mol. The Morgan fingerprint density at radius 1 is 1.32 bits per heavy atom. The molecule has 0 saturated carbocycles. The van der Waals surface area contributed by atoms with Crippen LogP contribution < -0.4 is 10.1 Å². The summed E-state index contributed by atoms with van der Waals surface area (Å²) in [7, 11) is 0. The molecule has 0 fully saturated rings. The van der Waals surface area contributed by atoms with Crippen molar-refractivity contribution in [1.82, 2.24) is 4.98 Å². The van der Waals surface area contributed by atoms with Crippen LogP contribution in [0, 0.1) is 0 Å². The first-order chi connectivity index (χ1) is 10.6. The maximum absolute atomic E-state index is 11.9. The van der Waals surface area contributed by atoms with Gasteiger partial charge in [-0.05, 0) is 46.3 Å². The molecule has 1 heterocycles. The summed E-state index contributed by atoms with van der Waals surface area (Å²) in [5, 5.41) is 3.89. The number of nitrogens with zero attached hydrogens (tertiary/aromatic N) is 1. The van der Waals surface area contributed by atoms with Crippen molar-refractivity contribution in [2.24, 2.45) is 0 Å². The minimum Gasteiger partial charge on any atom is -0.483 e. The van der Waals surface area contributed by atoms with Crippen LogP contribution in [-0.2, 0) is 4.79 Å². The molecule has 0 spiro atoms. The summed E-state index contributed by atoms with van der Waals surface area (Å²) in [6.07, 6.45) is 0. The summed E-state index contributed by atoms with van der Waals surface area (Å²) >= 11 is 10.6. The molecule has 0 aliphatic carbocycles. The zero-order valence-corrected chi connectivity index (χ0v) is 14.3. The van der Waals surface area contributed by atoms with E-state index in [9.17, 15) is 4.79 Å². The van der Waals surface area contributed by atoms with Gasteiger partial charge in [0.25, 0.3) is 5.91 Å². The van der Waals surface area contributed by atoms with Gasteiger partial charge in [-0.3, -0.25) is 10.1 Å². The lowest BCUT2D eigenvalue weighted by Gasteiger charge is -2.07. The Morgan fingerprint density at radius 3 is 2.91 bits per heavy atom. The van der Waals surface area contributed by atoms with Gasteiger partial charge in [0.1, 0.15) is 5.75 Å². The number of hydrogen-bond acceptors (Lipinski definition) is 4. The lowest BCUT2D eigenvalue weighted by atomic mass is 10.3. The van der Waals surface area contributed by atoms with E-state index in [1.807, 2.05) is 24.3 Å². The standard InChI is InChI=1S/C15H10BrClN2O2S/c16-10-7-9(17)5-6-12(10)21-8-14(20)19-15-18-11-3-1-2-4-13(11)22-15/h1-7H,8H2,(H,18,19,20). The molecule has 22 heavy (non-hydrogen) atoms. The summed E-state index contributed by atoms with van der Waals surface area (Å²) in [6, 6.07) is 12.8. The summed E-state index contributed by atoms with van der Waals surface area (Å²) < 4.78 is 7.19. The minimum absolute atomic E-state index is 0.101. The smallest absolute Gasteiger partial charge is 0.264 e. The molecule has 0 bridgehead atoms. The molecule has 3 aromatic rings. The number of carbonyl (C=O) groups excluding carboxylic acids is 1. The molecule has 7 heteroatoms. The third kappa shape index (κ3) is 3.58. The quantitative estimate of drug-likeness (QED) is 0.692. The van der Waals surface area contributed by atoms with Crippen LogP contribution in [0.15, 0.2) is 46.9 Å². The molecule has 4 nitrogen and oxygen atoms in total. The number of amides is 1. The number of rotatable bonds is 4. The first kappa shape index (κ1) is 15.3. The van der Waals surface area contributed by atoms with Crippen LogP contribution in [0.3, 0.4) is 0 Å². The van der Waals surface area contributed by atoms with Crippen LogP contribution in [0.4, 0.5) is 5.13 Å². The summed E-state index contributed by atoms with van der Waals surface area (Å²) in [5.74, 6) is 0.296. The Kier molecular flexibility index (Phi) is 4.61. The molecule has 1 amide bonds. The van der Waals surface area contributed by atoms with Crippen molar-refractivity contribution in [1.29, 1.82) is 0 Å². The Labute approximate surface area is 144 Å². The van der Waals surface area contributed by atoms with Gasteiger partial charge in [-0.1, -0.05) is 35.1 Å². The molecule has 1 aromatic heterocycles. The van der Waals surface area contributed by atoms with Gasteiger partial charge < -0.3 is 4.74 Å². The molecule has 0 radical (unpaired) electrons. The number of halogens is 2. The van der Waals surface area contributed by atoms with E-state index >= 15 is 0 Å². The molecular formula is C15H10BrClN2O2S. The van der Waals surface area contributed by atoms with Crippen LogP contribution in [0.2, 0.25) is 5.02 Å². The number of benzene rings is 2. The van der Waals surface area contributed by atoms with E-state index < -0.39 is 0 Å². The van der Waals surface area contributed by atoms with Crippen LogP contribution in [0.1, 0.15) is 0 Å². The zero-order chi connectivity index (χ0) is 15.5. The number of ether oxygens (including phenoxy) is 1. The van der Waals surface area contributed by atoms with E-state index in [1.165, 1.54) is 11.3 Å². The lowest BCUT2D eigenvalue weighted by molar-refractivity contribution is -0.118. The second kappa shape index (κ2) is 6.64. The number of para-hydroxylation sites is 1. The van der Waals surface area contributed by atoms with Gasteiger partial charge in [-0.2, -0.15) is 0 Å². The van der Waals surface area contributed by atoms with Crippen LogP contribution in [0.5, 0.6) is 5.75 Å². The molecule has 0 atom stereocenters. The second-order valence-electron chi connectivity index (χ2n) is 4.40. The number of fused-ring (bicyclic) bond motifs is 1. The predicted molar refractivity (Wildman–Crippen MR) is 92.9 cm³/mol. The number of aromatic nitrogens is 1. The van der Waals surface area contributed by atoms with E-state index in [0.29, 0.717) is 20.4 Å². The lowest BCUT2D eigenvalue weighted by Crippen LogP contribution is -2.20. The van der Waals surface area contributed by atoms with E-state index in [2.05, 4.69) is 26.2 Å². The van der Waals surface area contributed by atoms with Gasteiger partial charge in [0.15, 0.2) is 11.7 Å². The fraction of sp³-hybridized carbons (Fsp3) is 0.0667. The first-order valence-electron chi connectivity index (χ1n) is 6.35. The molecule has 0 aliphatic heterocycles. The van der Waals surface area contributed by atoms with Gasteiger partial charge in [-0.25, -0.2) is 4.98 Å². The number of anilines is 1. The van der Waals surface area contributed by atoms with Crippen molar-refractivity contribution in [3.05, 3.63) is 52.0 Å². The average Bonchev–Trinajstić information content (AvgIpc) is 2.88. The average molecular weight is 398 g/mol. The van der Waals surface area contributed by atoms with Crippen LogP contribution in [-0.4, -0.2) is 17.5 Å². The van der Waals surface area contributed by atoms with Crippen molar-refractivity contribution >= 4 is 60.1 Å². The van der Waals surface area contributed by atoms with Crippen molar-refractivity contribution in [3.8, 4) is 5.75 Å². The van der Waals surface area contributed by atoms with E-state index in [-0.39, 0.29) is 12.5 Å². The highest BCUT2D eigenvalue weighted by atomic mass is 79.9. The highest BCUT2D eigenvalue weighted by molar-refractivity contribution is 9.10. The number of carbonyl (C=O) groups is 1. The third-order valence-electron chi connectivity index (χ3n) is 2.79. The molecule has 0 saturated heterocycles. The second-order valence-corrected chi connectivity index (χ2v) is 6.72. The Morgan fingerprint density at radius 2 is 2.14 bits per heavy atom. The highest BCUT2D eigenvalue weighted by Gasteiger charge is 2.09. The molecule has 3 rings (SSSR count). The Balaban J connectivity index is 1.62. The number of thiazole rings is 1. The monoisotopic (exact) mass is 396 g/mol. The third-order valence-corrected chi connectivity index (χ3v) is 4.60. The first-order valence-corrected chi connectivity index (χ1v) is 8.34. The maximum atomic E-state index is 11.9. The molecule has 0 aliphatic rings. The van der Waals surface area contributed by atoms with Crippen molar-refractivity contribution < 1.29 is 9.53 Å². The predicted octanol–water partition coefficient (Wildman–Crippen LogP) is 4.73. The van der Waals surface area contributed by atoms with Gasteiger partial charge >= 0.3 is 0 Å². The van der Waals surface area contributed by atoms with Gasteiger partial charge in [-0.15, -0.1) is 0 Å². The van der Waals surface area contributed by atoms with Crippen molar-refractivity contribution in [2.75, 3.05) is 11.9 Å². The van der Waals surface area contributed by atoms with E-state index in [4.69, 9.17) is 16.3 Å². The highest BCUT2D eigenvalue weighted by Crippen LogP contribution is 2.28. The number of nitrogens with one attached hydrogen (secondary N) is 1. The summed E-state index contributed by atoms with van der Waals surface area (Å²) in [4.78, 5) is 16.3. The normalized spacial score (nSPS) is 10.6. The number of hydrogen-bond donors (Lipinski definition) is 1. The van der Waals surface area contributed by atoms with Crippen molar-refractivity contribution in [3.63, 3.8) is 0 Å². The SMILES string of the molecule is O=C(COc1ccc(Cl)cc1Br)Nc1nc2ccccc2s1. The van der Waals surface area contributed by atoms with E-state index in [0.717, 1.165) is 10.2 Å². The summed E-state index contributed by atoms with van der Waals surface area (Å²) in [6.45, 7) is -0.101. The topological polar surface area (TPSA) is 51.2 Å². The fourth-order valence-electron chi connectivity index (χ4n) is 1.82. The van der Waals surface area contributed by atoms with Crippen LogP contribution in [0.25, 0.3) is 10.2 Å². The summed E-state index contributed by atoms with van der Waals surface area (Å²) in [5.41, 5.74) is 0.865. The van der Waals surface area contributed by atoms with Gasteiger partial charge in [0, 0.05) is 5.02 Å².